The highest BCUT2D eigenvalue weighted by Gasteiger charge is 2.24. The average Bonchev–Trinajstić information content (AvgIpc) is 3.37. The normalized spacial score (nSPS) is 14.6. The fourth-order valence-corrected chi connectivity index (χ4v) is 9.23. The van der Waals surface area contributed by atoms with Gasteiger partial charge in [-0.05, 0) is 83.5 Å². The summed E-state index contributed by atoms with van der Waals surface area (Å²) in [7, 11) is 1.27. The summed E-state index contributed by atoms with van der Waals surface area (Å²) in [5.41, 5.74) is 0. The number of phosphoric acid groups is 1. The monoisotopic (exact) mass is 1060 g/mol. The molecule has 0 rings (SSSR count). The van der Waals surface area contributed by atoms with E-state index >= 15 is 0 Å². The number of carbonyl (C=O) groups excluding carboxylic acids is 1. The first-order chi connectivity index (χ1) is 36.5. The first-order valence-electron chi connectivity index (χ1n) is 30.7. The second-order valence-corrected chi connectivity index (χ2v) is 23.1. The van der Waals surface area contributed by atoms with Crippen LogP contribution in [0, 0.1) is 0 Å². The lowest BCUT2D eigenvalue weighted by Crippen LogP contribution is -2.46. The summed E-state index contributed by atoms with van der Waals surface area (Å²) < 4.78 is 23.4. The van der Waals surface area contributed by atoms with Gasteiger partial charge in [0.1, 0.15) is 13.2 Å². The zero-order valence-electron chi connectivity index (χ0n) is 49.2. The highest BCUT2D eigenvalue weighted by Crippen LogP contribution is 2.38. The third-order valence-electron chi connectivity index (χ3n) is 13.3. The molecule has 75 heavy (non-hydrogen) atoms. The first-order valence-corrected chi connectivity index (χ1v) is 32.2. The summed E-state index contributed by atoms with van der Waals surface area (Å²) in [4.78, 5) is 25.6. The number of quaternary nitrogens is 1. The Bertz CT molecular complexity index is 1590. The molecule has 0 fully saturated rings. The van der Waals surface area contributed by atoms with Crippen LogP contribution >= 0.6 is 7.82 Å². The fraction of sp³-hybridized carbons (Fsp3) is 0.712. The van der Waals surface area contributed by atoms with E-state index in [0.29, 0.717) is 23.9 Å². The molecule has 3 unspecified atom stereocenters. The van der Waals surface area contributed by atoms with Crippen LogP contribution in [0.5, 0.6) is 0 Å². The highest BCUT2D eigenvalue weighted by atomic mass is 31.2. The molecular formula is C66H117N2O6P. The predicted molar refractivity (Wildman–Crippen MR) is 325 cm³/mol. The zero-order valence-corrected chi connectivity index (χ0v) is 50.1. The van der Waals surface area contributed by atoms with Gasteiger partial charge in [0.25, 0.3) is 7.82 Å². The second kappa shape index (κ2) is 55.9. The summed E-state index contributed by atoms with van der Waals surface area (Å²) in [6.07, 6.45) is 81.3. The van der Waals surface area contributed by atoms with Crippen molar-refractivity contribution >= 4 is 13.7 Å². The van der Waals surface area contributed by atoms with E-state index in [2.05, 4.69) is 129 Å². The fourth-order valence-electron chi connectivity index (χ4n) is 8.50. The molecule has 0 saturated carbocycles. The minimum absolute atomic E-state index is 0.000338. The lowest BCUT2D eigenvalue weighted by molar-refractivity contribution is -0.870. The summed E-state index contributed by atoms with van der Waals surface area (Å²) in [6.45, 7) is 4.59. The standard InChI is InChI=1S/C66H117N2O6P/c1-6-8-10-12-14-16-18-20-22-24-26-28-30-31-32-33-34-35-36-37-38-40-42-44-46-48-50-52-54-56-58-60-66(70)67-64(63-74-75(71,72)73-62-61-68(3,4)5)65(69)59-57-55-53-51-49-47-45-43-41-39-29-27-25-23-21-19-17-15-13-11-9-7-2/h8,10,14,16,20,22,26,28,31-32,34-35,37-38,42,44,48,50,64-65,69H,6-7,9,11-13,15,17-19,21,23-25,27,29-30,33,36,39-41,43,45-47,49,51-63H2,1-5H3,(H-,67,70,71,72)/b10-8-,16-14-,22-20-,28-26-,32-31-,35-34-,38-37-,44-42-,50-48-. The minimum atomic E-state index is -4.59. The van der Waals surface area contributed by atoms with Crippen molar-refractivity contribution in [2.75, 3.05) is 40.9 Å². The number of phosphoric ester groups is 1. The summed E-state index contributed by atoms with van der Waals surface area (Å²) >= 11 is 0. The lowest BCUT2D eigenvalue weighted by atomic mass is 10.0. The molecule has 8 nitrogen and oxygen atoms in total. The largest absolute Gasteiger partial charge is 0.756 e. The van der Waals surface area contributed by atoms with Crippen LogP contribution < -0.4 is 10.2 Å². The Morgan fingerprint density at radius 2 is 0.813 bits per heavy atom. The number of carbonyl (C=O) groups is 1. The van der Waals surface area contributed by atoms with E-state index in [1.165, 1.54) is 122 Å². The second-order valence-electron chi connectivity index (χ2n) is 21.7. The van der Waals surface area contributed by atoms with Crippen molar-refractivity contribution in [1.29, 1.82) is 0 Å². The number of unbranched alkanes of at least 4 members (excludes halogenated alkanes) is 24. The van der Waals surface area contributed by atoms with Crippen molar-refractivity contribution in [3.63, 3.8) is 0 Å². The van der Waals surface area contributed by atoms with Crippen LogP contribution in [0.25, 0.3) is 0 Å². The molecule has 0 heterocycles. The van der Waals surface area contributed by atoms with Gasteiger partial charge in [-0.15, -0.1) is 0 Å². The number of allylic oxidation sites excluding steroid dienone is 18. The third kappa shape index (κ3) is 58.7. The Hall–Kier alpha value is -2.84. The Morgan fingerprint density at radius 1 is 0.480 bits per heavy atom. The molecule has 0 radical (unpaired) electrons. The number of rotatable bonds is 55. The van der Waals surface area contributed by atoms with Gasteiger partial charge in [-0.2, -0.15) is 0 Å². The van der Waals surface area contributed by atoms with Gasteiger partial charge >= 0.3 is 0 Å². The van der Waals surface area contributed by atoms with Crippen molar-refractivity contribution in [3.05, 3.63) is 109 Å². The van der Waals surface area contributed by atoms with Crippen LogP contribution in [0.3, 0.4) is 0 Å². The summed E-state index contributed by atoms with van der Waals surface area (Å²) in [5.74, 6) is -0.199. The van der Waals surface area contributed by atoms with Gasteiger partial charge in [-0.25, -0.2) is 0 Å². The van der Waals surface area contributed by atoms with Crippen molar-refractivity contribution in [1.82, 2.24) is 5.32 Å². The Labute approximate surface area is 463 Å². The number of likely N-dealkylation sites (N-methyl/N-ethyl adjacent to an activating group) is 1. The molecule has 0 aromatic heterocycles. The maximum atomic E-state index is 13.0. The first kappa shape index (κ1) is 72.2. The van der Waals surface area contributed by atoms with Crippen LogP contribution in [0.4, 0.5) is 0 Å². The van der Waals surface area contributed by atoms with E-state index in [-0.39, 0.29) is 19.1 Å². The SMILES string of the molecule is CC/C=C\C/C=C\C/C=C\C/C=C\C/C=C\C/C=C\C/C=C\C/C=C\C/C=C\CCCCCC(=O)NC(COP(=O)([O-])OCC[N+](C)(C)C)C(O)CCCCCCCCCCCCCCCCCCCCCCCC. The van der Waals surface area contributed by atoms with Crippen LogP contribution in [0.15, 0.2) is 109 Å². The topological polar surface area (TPSA) is 108 Å². The van der Waals surface area contributed by atoms with E-state index in [1.807, 2.05) is 21.1 Å². The van der Waals surface area contributed by atoms with E-state index in [1.54, 1.807) is 0 Å². The number of nitrogens with zero attached hydrogens (tertiary/aromatic N) is 1. The maximum absolute atomic E-state index is 13.0. The van der Waals surface area contributed by atoms with Gasteiger partial charge in [0.2, 0.25) is 5.91 Å². The molecule has 3 atom stereocenters. The molecule has 2 N–H and O–H groups in total. The average molecular weight is 1070 g/mol. The van der Waals surface area contributed by atoms with Crippen LogP contribution in [-0.4, -0.2) is 68.5 Å². The lowest BCUT2D eigenvalue weighted by Gasteiger charge is -2.30. The van der Waals surface area contributed by atoms with E-state index in [4.69, 9.17) is 9.05 Å². The number of hydrogen-bond acceptors (Lipinski definition) is 6. The summed E-state index contributed by atoms with van der Waals surface area (Å²) in [6, 6.07) is -0.828. The van der Waals surface area contributed by atoms with Crippen LogP contribution in [0.1, 0.15) is 251 Å². The molecule has 432 valence electrons. The van der Waals surface area contributed by atoms with Crippen molar-refractivity contribution < 1.29 is 32.9 Å². The number of nitrogens with one attached hydrogen (secondary N) is 1. The molecule has 0 aromatic rings. The molecule has 0 bridgehead atoms. The summed E-state index contributed by atoms with van der Waals surface area (Å²) in [5, 5.41) is 14.0. The molecule has 0 spiro atoms. The van der Waals surface area contributed by atoms with E-state index < -0.39 is 20.0 Å². The molecule has 0 aliphatic carbocycles. The van der Waals surface area contributed by atoms with Gasteiger partial charge in [-0.1, -0.05) is 271 Å². The number of hydrogen-bond donors (Lipinski definition) is 2. The predicted octanol–water partition coefficient (Wildman–Crippen LogP) is 18.5. The molecule has 9 heteroatoms. The van der Waals surface area contributed by atoms with E-state index in [9.17, 15) is 19.4 Å². The van der Waals surface area contributed by atoms with Gasteiger partial charge in [0, 0.05) is 6.42 Å². The van der Waals surface area contributed by atoms with Gasteiger partial charge in [0.15, 0.2) is 0 Å². The Kier molecular flexibility index (Phi) is 53.8. The Balaban J connectivity index is 4.26. The number of aliphatic hydroxyl groups is 1. The Morgan fingerprint density at radius 3 is 1.17 bits per heavy atom. The number of aliphatic hydroxyl groups excluding tert-OH is 1. The number of amides is 1. The quantitative estimate of drug-likeness (QED) is 0.0272. The van der Waals surface area contributed by atoms with Gasteiger partial charge in [0.05, 0.1) is 39.9 Å². The van der Waals surface area contributed by atoms with Crippen molar-refractivity contribution in [2.45, 2.75) is 264 Å². The minimum Gasteiger partial charge on any atom is -0.756 e. The van der Waals surface area contributed by atoms with Crippen molar-refractivity contribution in [3.8, 4) is 0 Å². The third-order valence-corrected chi connectivity index (χ3v) is 14.2. The maximum Gasteiger partial charge on any atom is 0.268 e. The van der Waals surface area contributed by atoms with E-state index in [0.717, 1.165) is 103 Å². The van der Waals surface area contributed by atoms with Gasteiger partial charge in [-0.3, -0.25) is 9.36 Å². The molecule has 0 aliphatic rings. The van der Waals surface area contributed by atoms with Crippen LogP contribution in [-0.2, 0) is 18.4 Å². The van der Waals surface area contributed by atoms with Crippen molar-refractivity contribution in [2.24, 2.45) is 0 Å². The highest BCUT2D eigenvalue weighted by molar-refractivity contribution is 7.45. The molecule has 0 aliphatic heterocycles. The molecule has 0 saturated heterocycles. The molecule has 1 amide bonds. The smallest absolute Gasteiger partial charge is 0.268 e. The zero-order chi connectivity index (χ0) is 54.9. The van der Waals surface area contributed by atoms with Gasteiger partial charge < -0.3 is 28.8 Å². The molecule has 0 aromatic carbocycles. The van der Waals surface area contributed by atoms with Crippen LogP contribution in [0.2, 0.25) is 0 Å². The molecular weight excluding hydrogens is 948 g/mol.